The molecule has 5 nitrogen and oxygen atoms in total. The van der Waals surface area contributed by atoms with Crippen LogP contribution in [0.15, 0.2) is 0 Å². The fourth-order valence-corrected chi connectivity index (χ4v) is 1.74. The van der Waals surface area contributed by atoms with Crippen molar-refractivity contribution in [3.8, 4) is 0 Å². The van der Waals surface area contributed by atoms with Crippen LogP contribution in [0.2, 0.25) is 0 Å². The third-order valence-electron chi connectivity index (χ3n) is 2.50. The first-order valence-corrected chi connectivity index (χ1v) is 5.90. The summed E-state index contributed by atoms with van der Waals surface area (Å²) < 4.78 is 0. The minimum absolute atomic E-state index is 0.0647. The molecule has 5 heteroatoms. The Hall–Kier alpha value is -1.10. The zero-order chi connectivity index (χ0) is 12.0. The molecule has 1 aliphatic rings. The Labute approximate surface area is 96.4 Å². The summed E-state index contributed by atoms with van der Waals surface area (Å²) in [7, 11) is 0. The summed E-state index contributed by atoms with van der Waals surface area (Å²) in [6.07, 6.45) is 3.05. The average molecular weight is 227 g/mol. The van der Waals surface area contributed by atoms with E-state index < -0.39 is 0 Å². The summed E-state index contributed by atoms with van der Waals surface area (Å²) in [5.41, 5.74) is 0. The third-order valence-corrected chi connectivity index (χ3v) is 2.50. The molecule has 0 spiro atoms. The van der Waals surface area contributed by atoms with Crippen molar-refractivity contribution in [3.05, 3.63) is 0 Å². The number of rotatable bonds is 4. The van der Waals surface area contributed by atoms with E-state index >= 15 is 0 Å². The quantitative estimate of drug-likeness (QED) is 0.621. The third kappa shape index (κ3) is 4.61. The molecule has 1 fully saturated rings. The Morgan fingerprint density at radius 3 is 2.69 bits per heavy atom. The van der Waals surface area contributed by atoms with E-state index in [4.69, 9.17) is 0 Å². The molecule has 0 saturated carbocycles. The molecule has 92 valence electrons. The van der Waals surface area contributed by atoms with E-state index in [0.717, 1.165) is 25.8 Å². The van der Waals surface area contributed by atoms with Gasteiger partial charge >= 0.3 is 0 Å². The molecule has 0 radical (unpaired) electrons. The highest BCUT2D eigenvalue weighted by molar-refractivity contribution is 5.87. The maximum Gasteiger partial charge on any atom is 0.239 e. The summed E-state index contributed by atoms with van der Waals surface area (Å²) in [6, 6.07) is -0.0159. The van der Waals surface area contributed by atoms with E-state index in [1.54, 1.807) is 0 Å². The molecule has 0 aliphatic carbocycles. The Morgan fingerprint density at radius 2 is 2.12 bits per heavy atom. The van der Waals surface area contributed by atoms with Crippen LogP contribution in [0.25, 0.3) is 0 Å². The minimum atomic E-state index is -0.140. The fourth-order valence-electron chi connectivity index (χ4n) is 1.74. The van der Waals surface area contributed by atoms with Gasteiger partial charge in [-0.05, 0) is 33.2 Å². The van der Waals surface area contributed by atoms with E-state index in [9.17, 15) is 9.59 Å². The average Bonchev–Trinajstić information content (AvgIpc) is 2.26. The van der Waals surface area contributed by atoms with Crippen LogP contribution in [0.4, 0.5) is 0 Å². The molecule has 16 heavy (non-hydrogen) atoms. The SMILES string of the molecule is CC(C)NC(=O)CNC(=O)[C@H]1CCCCN1. The van der Waals surface area contributed by atoms with Crippen LogP contribution < -0.4 is 16.0 Å². The summed E-state index contributed by atoms with van der Waals surface area (Å²) in [4.78, 5) is 22.9. The lowest BCUT2D eigenvalue weighted by Gasteiger charge is -2.22. The fraction of sp³-hybridized carbons (Fsp3) is 0.818. The Balaban J connectivity index is 2.21. The molecule has 1 aliphatic heterocycles. The molecule has 1 rings (SSSR count). The first-order chi connectivity index (χ1) is 7.59. The van der Waals surface area contributed by atoms with Crippen molar-refractivity contribution >= 4 is 11.8 Å². The summed E-state index contributed by atoms with van der Waals surface area (Å²) >= 11 is 0. The number of carbonyl (C=O) groups excluding carboxylic acids is 2. The second-order valence-electron chi connectivity index (χ2n) is 4.44. The highest BCUT2D eigenvalue weighted by atomic mass is 16.2. The van der Waals surface area contributed by atoms with Crippen LogP contribution in [0.1, 0.15) is 33.1 Å². The molecule has 0 aromatic heterocycles. The van der Waals surface area contributed by atoms with Gasteiger partial charge < -0.3 is 16.0 Å². The lowest BCUT2D eigenvalue weighted by Crippen LogP contribution is -2.49. The van der Waals surface area contributed by atoms with Gasteiger partial charge in [0, 0.05) is 6.04 Å². The maximum absolute atomic E-state index is 11.6. The molecular formula is C11H21N3O2. The Kier molecular flexibility index (Phi) is 5.25. The topological polar surface area (TPSA) is 70.2 Å². The van der Waals surface area contributed by atoms with Crippen LogP contribution in [0, 0.1) is 0 Å². The van der Waals surface area contributed by atoms with Crippen molar-refractivity contribution in [2.75, 3.05) is 13.1 Å². The molecule has 0 aromatic rings. The van der Waals surface area contributed by atoms with Gasteiger partial charge in [-0.3, -0.25) is 9.59 Å². The van der Waals surface area contributed by atoms with Crippen molar-refractivity contribution in [2.24, 2.45) is 0 Å². The number of hydrogen-bond acceptors (Lipinski definition) is 3. The molecule has 3 N–H and O–H groups in total. The Morgan fingerprint density at radius 1 is 1.38 bits per heavy atom. The highest BCUT2D eigenvalue weighted by Crippen LogP contribution is 2.06. The van der Waals surface area contributed by atoms with Gasteiger partial charge in [0.05, 0.1) is 12.6 Å². The van der Waals surface area contributed by atoms with Crippen molar-refractivity contribution in [1.82, 2.24) is 16.0 Å². The molecule has 2 amide bonds. The van der Waals surface area contributed by atoms with Gasteiger partial charge in [-0.25, -0.2) is 0 Å². The number of piperidine rings is 1. The largest absolute Gasteiger partial charge is 0.352 e. The standard InChI is InChI=1S/C11H21N3O2/c1-8(2)14-10(15)7-13-11(16)9-5-3-4-6-12-9/h8-9,12H,3-7H2,1-2H3,(H,13,16)(H,14,15)/t9-/m1/s1. The maximum atomic E-state index is 11.6. The van der Waals surface area contributed by atoms with E-state index in [2.05, 4.69) is 16.0 Å². The second-order valence-corrected chi connectivity index (χ2v) is 4.44. The first kappa shape index (κ1) is 13.0. The highest BCUT2D eigenvalue weighted by Gasteiger charge is 2.20. The van der Waals surface area contributed by atoms with E-state index in [1.165, 1.54) is 0 Å². The van der Waals surface area contributed by atoms with Crippen molar-refractivity contribution < 1.29 is 9.59 Å². The van der Waals surface area contributed by atoms with E-state index in [-0.39, 0.29) is 30.4 Å². The van der Waals surface area contributed by atoms with Crippen LogP contribution in [0.5, 0.6) is 0 Å². The smallest absolute Gasteiger partial charge is 0.239 e. The normalized spacial score (nSPS) is 20.6. The van der Waals surface area contributed by atoms with Gasteiger partial charge in [0.25, 0.3) is 0 Å². The lowest BCUT2D eigenvalue weighted by molar-refractivity contribution is -0.127. The zero-order valence-electron chi connectivity index (χ0n) is 10.0. The van der Waals surface area contributed by atoms with E-state index in [0.29, 0.717) is 0 Å². The van der Waals surface area contributed by atoms with Gasteiger partial charge in [-0.2, -0.15) is 0 Å². The molecule has 1 saturated heterocycles. The number of nitrogens with one attached hydrogen (secondary N) is 3. The van der Waals surface area contributed by atoms with Crippen LogP contribution in [0.3, 0.4) is 0 Å². The van der Waals surface area contributed by atoms with Crippen molar-refractivity contribution in [3.63, 3.8) is 0 Å². The van der Waals surface area contributed by atoms with E-state index in [1.807, 2.05) is 13.8 Å². The minimum Gasteiger partial charge on any atom is -0.352 e. The second kappa shape index (κ2) is 6.48. The van der Waals surface area contributed by atoms with Crippen molar-refractivity contribution in [2.45, 2.75) is 45.2 Å². The summed E-state index contributed by atoms with van der Waals surface area (Å²) in [5, 5.41) is 8.51. The van der Waals surface area contributed by atoms with Gasteiger partial charge in [-0.1, -0.05) is 6.42 Å². The predicted molar refractivity (Wildman–Crippen MR) is 61.9 cm³/mol. The zero-order valence-corrected chi connectivity index (χ0v) is 10.0. The molecule has 0 unspecified atom stereocenters. The van der Waals surface area contributed by atoms with Gasteiger partial charge in [0.1, 0.15) is 0 Å². The molecular weight excluding hydrogens is 206 g/mol. The van der Waals surface area contributed by atoms with Crippen LogP contribution >= 0.6 is 0 Å². The van der Waals surface area contributed by atoms with Crippen LogP contribution in [-0.4, -0.2) is 37.0 Å². The molecule has 1 heterocycles. The number of carbonyl (C=O) groups is 2. The van der Waals surface area contributed by atoms with Gasteiger partial charge in [0.15, 0.2) is 0 Å². The summed E-state index contributed by atoms with van der Waals surface area (Å²) in [6.45, 7) is 4.73. The molecule has 0 aromatic carbocycles. The summed E-state index contributed by atoms with van der Waals surface area (Å²) in [5.74, 6) is -0.210. The van der Waals surface area contributed by atoms with Gasteiger partial charge in [0.2, 0.25) is 11.8 Å². The van der Waals surface area contributed by atoms with Crippen LogP contribution in [-0.2, 0) is 9.59 Å². The molecule has 1 atom stereocenters. The van der Waals surface area contributed by atoms with Crippen molar-refractivity contribution in [1.29, 1.82) is 0 Å². The molecule has 0 bridgehead atoms. The predicted octanol–water partition coefficient (Wildman–Crippen LogP) is -0.231. The monoisotopic (exact) mass is 227 g/mol. The van der Waals surface area contributed by atoms with Gasteiger partial charge in [-0.15, -0.1) is 0 Å². The Bertz CT molecular complexity index is 248. The number of amides is 2. The lowest BCUT2D eigenvalue weighted by atomic mass is 10.0. The first-order valence-electron chi connectivity index (χ1n) is 5.90. The number of hydrogen-bond donors (Lipinski definition) is 3.